The Labute approximate surface area is 318 Å². The van der Waals surface area contributed by atoms with Crippen LogP contribution in [-0.2, 0) is 0 Å². The Morgan fingerprint density at radius 1 is 0.382 bits per heavy atom. The highest BCUT2D eigenvalue weighted by Gasteiger charge is 2.23. The topological polar surface area (TPSA) is 21.3 Å². The Hall–Kier alpha value is -7.36. The van der Waals surface area contributed by atoms with E-state index in [9.17, 15) is 0 Å². The number of nitrogens with zero attached hydrogens (tertiary/aromatic N) is 2. The van der Waals surface area contributed by atoms with E-state index in [2.05, 4.69) is 210 Å². The third kappa shape index (κ3) is 5.13. The molecule has 0 aliphatic carbocycles. The molecule has 2 aromatic heterocycles. The first kappa shape index (κ1) is 31.2. The van der Waals surface area contributed by atoms with E-state index in [4.69, 9.17) is 4.42 Å². The van der Waals surface area contributed by atoms with Crippen LogP contribution in [0.25, 0.3) is 82.5 Å². The third-order valence-corrected chi connectivity index (χ3v) is 11.0. The highest BCUT2D eigenvalue weighted by atomic mass is 16.3. The fourth-order valence-electron chi connectivity index (χ4n) is 8.42. The van der Waals surface area contributed by atoms with Crippen molar-refractivity contribution in [1.29, 1.82) is 0 Å². The fraction of sp³-hybridized carbons (Fsp3) is 0. The van der Waals surface area contributed by atoms with E-state index in [1.54, 1.807) is 0 Å². The second-order valence-electron chi connectivity index (χ2n) is 14.1. The highest BCUT2D eigenvalue weighted by Crippen LogP contribution is 2.47. The number of rotatable bonds is 6. The zero-order chi connectivity index (χ0) is 36.3. The van der Waals surface area contributed by atoms with E-state index in [1.165, 1.54) is 43.7 Å². The van der Waals surface area contributed by atoms with Gasteiger partial charge in [0.2, 0.25) is 0 Å². The minimum atomic E-state index is 0.867. The molecule has 0 aliphatic rings. The molecule has 258 valence electrons. The quantitative estimate of drug-likeness (QED) is 0.172. The molecule has 11 rings (SSSR count). The van der Waals surface area contributed by atoms with Crippen LogP contribution < -0.4 is 4.90 Å². The Kier molecular flexibility index (Phi) is 7.17. The lowest BCUT2D eigenvalue weighted by molar-refractivity contribution is 0.670. The molecule has 9 aromatic carbocycles. The second-order valence-corrected chi connectivity index (χ2v) is 14.1. The second kappa shape index (κ2) is 12.6. The molecular formula is C52H34N2O. The van der Waals surface area contributed by atoms with Gasteiger partial charge >= 0.3 is 0 Å². The molecule has 0 radical (unpaired) electrons. The van der Waals surface area contributed by atoms with Crippen molar-refractivity contribution >= 4 is 71.6 Å². The maximum atomic E-state index is 6.85. The summed E-state index contributed by atoms with van der Waals surface area (Å²) in [4.78, 5) is 2.36. The van der Waals surface area contributed by atoms with Crippen LogP contribution in [-0.4, -0.2) is 4.57 Å². The van der Waals surface area contributed by atoms with Gasteiger partial charge in [-0.05, 0) is 100 Å². The van der Waals surface area contributed by atoms with Gasteiger partial charge in [0.1, 0.15) is 11.2 Å². The van der Waals surface area contributed by atoms with Gasteiger partial charge in [0.25, 0.3) is 0 Å². The summed E-state index contributed by atoms with van der Waals surface area (Å²) in [6, 6.07) is 73.9. The zero-order valence-corrected chi connectivity index (χ0v) is 29.9. The van der Waals surface area contributed by atoms with Crippen molar-refractivity contribution in [3.05, 3.63) is 206 Å². The molecule has 55 heavy (non-hydrogen) atoms. The first-order chi connectivity index (χ1) is 27.3. The van der Waals surface area contributed by atoms with Crippen molar-refractivity contribution in [3.63, 3.8) is 0 Å². The minimum Gasteiger partial charge on any atom is -0.455 e. The Balaban J connectivity index is 1.14. The molecule has 0 saturated heterocycles. The van der Waals surface area contributed by atoms with Crippen LogP contribution in [0.3, 0.4) is 0 Å². The number of benzene rings is 9. The lowest BCUT2D eigenvalue weighted by atomic mass is 9.97. The number of fused-ring (bicyclic) bond motifs is 7. The van der Waals surface area contributed by atoms with E-state index in [0.717, 1.165) is 55.8 Å². The van der Waals surface area contributed by atoms with Crippen LogP contribution in [0.1, 0.15) is 0 Å². The first-order valence-electron chi connectivity index (χ1n) is 18.8. The van der Waals surface area contributed by atoms with Gasteiger partial charge < -0.3 is 13.9 Å². The average Bonchev–Trinajstić information content (AvgIpc) is 3.80. The van der Waals surface area contributed by atoms with E-state index in [-0.39, 0.29) is 0 Å². The Morgan fingerprint density at radius 3 is 1.80 bits per heavy atom. The fourth-order valence-corrected chi connectivity index (χ4v) is 8.42. The maximum Gasteiger partial charge on any atom is 0.145 e. The maximum absolute atomic E-state index is 6.85. The van der Waals surface area contributed by atoms with Crippen molar-refractivity contribution < 1.29 is 4.42 Å². The van der Waals surface area contributed by atoms with E-state index < -0.39 is 0 Å². The summed E-state index contributed by atoms with van der Waals surface area (Å²) >= 11 is 0. The summed E-state index contributed by atoms with van der Waals surface area (Å²) < 4.78 is 9.23. The molecule has 11 aromatic rings. The molecule has 0 unspecified atom stereocenters. The van der Waals surface area contributed by atoms with Crippen LogP contribution in [0.2, 0.25) is 0 Å². The summed E-state index contributed by atoms with van der Waals surface area (Å²) in [6.45, 7) is 0. The molecular weight excluding hydrogens is 669 g/mol. The SMILES string of the molecule is c1ccc(N(c2ccc(-c3ccc4ccccc4c3)cc2)c2ccc3c(oc4ccccc43)c2-c2cccc(-n3c4ccccc4c4ccccc43)c2)cc1. The van der Waals surface area contributed by atoms with Gasteiger partial charge in [-0.2, -0.15) is 0 Å². The van der Waals surface area contributed by atoms with Crippen LogP contribution in [0.5, 0.6) is 0 Å². The number of anilines is 3. The lowest BCUT2D eigenvalue weighted by Gasteiger charge is -2.28. The molecule has 0 fully saturated rings. The third-order valence-electron chi connectivity index (χ3n) is 11.0. The number of hydrogen-bond donors (Lipinski definition) is 0. The molecule has 0 N–H and O–H groups in total. The van der Waals surface area contributed by atoms with Gasteiger partial charge in [0, 0.05) is 44.2 Å². The molecule has 2 heterocycles. The van der Waals surface area contributed by atoms with E-state index in [0.29, 0.717) is 0 Å². The van der Waals surface area contributed by atoms with Crippen molar-refractivity contribution in [3.8, 4) is 27.9 Å². The summed E-state index contributed by atoms with van der Waals surface area (Å²) in [7, 11) is 0. The Morgan fingerprint density at radius 2 is 1.02 bits per heavy atom. The van der Waals surface area contributed by atoms with Gasteiger partial charge in [0.05, 0.1) is 16.7 Å². The van der Waals surface area contributed by atoms with Crippen molar-refractivity contribution in [1.82, 2.24) is 4.57 Å². The normalized spacial score (nSPS) is 11.6. The molecule has 0 bridgehead atoms. The van der Waals surface area contributed by atoms with Crippen molar-refractivity contribution in [2.45, 2.75) is 0 Å². The molecule has 3 nitrogen and oxygen atoms in total. The van der Waals surface area contributed by atoms with Gasteiger partial charge in [0.15, 0.2) is 0 Å². The lowest BCUT2D eigenvalue weighted by Crippen LogP contribution is -2.11. The predicted molar refractivity (Wildman–Crippen MR) is 231 cm³/mol. The molecule has 0 amide bonds. The van der Waals surface area contributed by atoms with Gasteiger partial charge in [-0.1, -0.05) is 133 Å². The van der Waals surface area contributed by atoms with E-state index >= 15 is 0 Å². The van der Waals surface area contributed by atoms with Crippen LogP contribution in [0.4, 0.5) is 17.1 Å². The van der Waals surface area contributed by atoms with Gasteiger partial charge in [-0.3, -0.25) is 0 Å². The number of aromatic nitrogens is 1. The smallest absolute Gasteiger partial charge is 0.145 e. The van der Waals surface area contributed by atoms with E-state index in [1.807, 2.05) is 6.07 Å². The molecule has 0 spiro atoms. The monoisotopic (exact) mass is 702 g/mol. The average molecular weight is 703 g/mol. The van der Waals surface area contributed by atoms with Gasteiger partial charge in [-0.15, -0.1) is 0 Å². The summed E-state index contributed by atoms with van der Waals surface area (Å²) in [5.41, 5.74) is 12.9. The number of para-hydroxylation sites is 4. The summed E-state index contributed by atoms with van der Waals surface area (Å²) in [5.74, 6) is 0. The van der Waals surface area contributed by atoms with Crippen LogP contribution in [0.15, 0.2) is 211 Å². The number of furan rings is 1. The van der Waals surface area contributed by atoms with Crippen LogP contribution >= 0.6 is 0 Å². The zero-order valence-electron chi connectivity index (χ0n) is 29.9. The van der Waals surface area contributed by atoms with Crippen molar-refractivity contribution in [2.75, 3.05) is 4.90 Å². The highest BCUT2D eigenvalue weighted by molar-refractivity contribution is 6.14. The van der Waals surface area contributed by atoms with Crippen LogP contribution in [0, 0.1) is 0 Å². The standard InChI is InChI=1S/C52H34N2O/c1-2-16-40(17-3-1)53(41-29-27-36(28-30-41)38-26-25-35-13-4-5-14-37(35)33-38)49-32-31-46-45-21-8-11-24-50(45)55-52(46)51(49)39-15-12-18-42(34-39)54-47-22-9-6-19-43(47)44-20-7-10-23-48(44)54/h1-34H. The predicted octanol–water partition coefficient (Wildman–Crippen LogP) is 14.6. The van der Waals surface area contributed by atoms with Crippen molar-refractivity contribution in [2.24, 2.45) is 0 Å². The molecule has 0 aliphatic heterocycles. The number of hydrogen-bond acceptors (Lipinski definition) is 2. The molecule has 0 saturated carbocycles. The minimum absolute atomic E-state index is 0.867. The molecule has 0 atom stereocenters. The first-order valence-corrected chi connectivity index (χ1v) is 18.8. The Bertz CT molecular complexity index is 3150. The summed E-state index contributed by atoms with van der Waals surface area (Å²) in [6.07, 6.45) is 0. The molecule has 3 heteroatoms. The van der Waals surface area contributed by atoms with Gasteiger partial charge in [-0.25, -0.2) is 0 Å². The summed E-state index contributed by atoms with van der Waals surface area (Å²) in [5, 5.41) is 7.17. The largest absolute Gasteiger partial charge is 0.455 e.